The van der Waals surface area contributed by atoms with E-state index in [9.17, 15) is 19.2 Å². The molecule has 1 N–H and O–H groups in total. The van der Waals surface area contributed by atoms with Crippen LogP contribution < -0.4 is 18.9 Å². The van der Waals surface area contributed by atoms with Crippen molar-refractivity contribution < 1.29 is 47.6 Å². The molecule has 4 aromatic rings. The molecular formula is C35H39FO9S2. The lowest BCUT2D eigenvalue weighted by atomic mass is 10.00. The van der Waals surface area contributed by atoms with Crippen molar-refractivity contribution in [2.75, 3.05) is 27.4 Å². The van der Waals surface area contributed by atoms with Crippen LogP contribution in [0.25, 0.3) is 20.2 Å². The summed E-state index contributed by atoms with van der Waals surface area (Å²) >= 11 is 2.47. The van der Waals surface area contributed by atoms with Gasteiger partial charge >= 0.3 is 5.97 Å². The highest BCUT2D eigenvalue weighted by molar-refractivity contribution is 7.21. The maximum absolute atomic E-state index is 15.5. The van der Waals surface area contributed by atoms with Gasteiger partial charge in [0, 0.05) is 45.7 Å². The van der Waals surface area contributed by atoms with Gasteiger partial charge in [-0.05, 0) is 56.2 Å². The van der Waals surface area contributed by atoms with Crippen LogP contribution in [-0.4, -0.2) is 55.9 Å². The van der Waals surface area contributed by atoms with Crippen LogP contribution in [0, 0.1) is 17.7 Å². The first kappa shape index (κ1) is 35.8. The number of hydrogen-bond acceptors (Lipinski definition) is 10. The number of Topliss-reactive ketones (excluding diaryl/α,β-unsaturated/α-hetero) is 3. The molecule has 0 aliphatic rings. The molecule has 0 bridgehead atoms. The van der Waals surface area contributed by atoms with E-state index in [1.807, 2.05) is 12.1 Å². The monoisotopic (exact) mass is 686 g/mol. The molecular weight excluding hydrogens is 648 g/mol. The second-order valence-electron chi connectivity index (χ2n) is 11.5. The van der Waals surface area contributed by atoms with Gasteiger partial charge in [0.1, 0.15) is 5.78 Å². The molecule has 0 amide bonds. The second kappa shape index (κ2) is 16.2. The van der Waals surface area contributed by atoms with E-state index in [0.29, 0.717) is 39.0 Å². The number of carboxylic acid groups (broad SMARTS) is 1. The maximum atomic E-state index is 15.5. The molecule has 9 nitrogen and oxygen atoms in total. The van der Waals surface area contributed by atoms with Gasteiger partial charge in [-0.1, -0.05) is 13.8 Å². The molecule has 0 radical (unpaired) electrons. The van der Waals surface area contributed by atoms with Gasteiger partial charge in [-0.15, -0.1) is 22.7 Å². The van der Waals surface area contributed by atoms with E-state index in [-0.39, 0.29) is 53.7 Å². The van der Waals surface area contributed by atoms with Crippen molar-refractivity contribution in [1.82, 2.24) is 0 Å². The molecule has 0 saturated carbocycles. The normalized spacial score (nSPS) is 12.6. The summed E-state index contributed by atoms with van der Waals surface area (Å²) in [4.78, 5) is 48.8. The smallest absolute Gasteiger partial charge is 0.306 e. The third-order valence-corrected chi connectivity index (χ3v) is 10.2. The number of aliphatic carboxylic acids is 1. The largest absolute Gasteiger partial charge is 0.493 e. The number of thiophene rings is 2. The van der Waals surface area contributed by atoms with Gasteiger partial charge < -0.3 is 24.1 Å². The van der Waals surface area contributed by atoms with Crippen LogP contribution >= 0.6 is 22.7 Å². The number of carbonyl (C=O) groups excluding carboxylic acids is 3. The molecule has 2 aromatic carbocycles. The Morgan fingerprint density at radius 2 is 1.32 bits per heavy atom. The summed E-state index contributed by atoms with van der Waals surface area (Å²) in [6.45, 7) is 5.39. The number of carbonyl (C=O) groups is 4. The van der Waals surface area contributed by atoms with E-state index in [1.165, 1.54) is 49.7 Å². The van der Waals surface area contributed by atoms with Crippen molar-refractivity contribution in [3.63, 3.8) is 0 Å². The lowest BCUT2D eigenvalue weighted by Gasteiger charge is -2.13. The third kappa shape index (κ3) is 8.86. The number of rotatable bonds is 19. The maximum Gasteiger partial charge on any atom is 0.306 e. The molecule has 0 unspecified atom stereocenters. The number of hydrogen-bond donors (Lipinski definition) is 1. The number of benzene rings is 2. The highest BCUT2D eigenvalue weighted by Crippen LogP contribution is 2.41. The van der Waals surface area contributed by atoms with Crippen LogP contribution in [0.5, 0.6) is 23.0 Å². The molecule has 0 saturated heterocycles. The van der Waals surface area contributed by atoms with Crippen LogP contribution in [0.1, 0.15) is 78.6 Å². The molecule has 0 aliphatic heterocycles. The number of halogens is 1. The minimum absolute atomic E-state index is 0.00871. The Balaban J connectivity index is 1.27. The topological polar surface area (TPSA) is 125 Å². The first-order valence-corrected chi connectivity index (χ1v) is 17.0. The third-order valence-electron chi connectivity index (χ3n) is 7.90. The number of unbranched alkanes of at least 4 members (excludes halogenated alkanes) is 3. The Morgan fingerprint density at radius 3 is 1.94 bits per heavy atom. The van der Waals surface area contributed by atoms with E-state index in [1.54, 1.807) is 26.2 Å². The highest BCUT2D eigenvalue weighted by Gasteiger charge is 2.23. The quantitative estimate of drug-likeness (QED) is 0.0765. The predicted octanol–water partition coefficient (Wildman–Crippen LogP) is 8.38. The first-order chi connectivity index (χ1) is 22.4. The fourth-order valence-electron chi connectivity index (χ4n) is 4.88. The summed E-state index contributed by atoms with van der Waals surface area (Å²) in [5.74, 6) is -1.84. The average molecular weight is 687 g/mol. The Bertz CT molecular complexity index is 1770. The number of ether oxygens (including phenoxy) is 4. The fraction of sp³-hybridized carbons (Fsp3) is 0.429. The predicted molar refractivity (Wildman–Crippen MR) is 181 cm³/mol. The fourth-order valence-corrected chi connectivity index (χ4v) is 6.94. The summed E-state index contributed by atoms with van der Waals surface area (Å²) < 4.78 is 39.6. The van der Waals surface area contributed by atoms with Gasteiger partial charge in [0.2, 0.25) is 0 Å². The summed E-state index contributed by atoms with van der Waals surface area (Å²) in [5, 5.41) is 10.2. The van der Waals surface area contributed by atoms with Gasteiger partial charge in [0.05, 0.1) is 43.1 Å². The standard InChI is InChI=1S/C35H39FO9S2/c1-19(21(3)37)12-24(38)32-16-23-30(47-32)18-28(43-5)34(33(23)36)45-11-9-7-6-8-10-44-27-14-22-15-31(25(39)13-20(2)35(40)41)46-29(22)17-26(27)42-4/h14-20H,6-13H2,1-5H3,(H,40,41)/t19-,20-/m0/s1. The van der Waals surface area contributed by atoms with Gasteiger partial charge in [0.25, 0.3) is 0 Å². The number of methoxy groups -OCH3 is 2. The van der Waals surface area contributed by atoms with E-state index in [2.05, 4.69) is 0 Å². The van der Waals surface area contributed by atoms with Crippen molar-refractivity contribution in [1.29, 1.82) is 0 Å². The first-order valence-electron chi connectivity index (χ1n) is 15.4. The van der Waals surface area contributed by atoms with E-state index in [0.717, 1.165) is 29.3 Å². The van der Waals surface area contributed by atoms with Gasteiger partial charge in [-0.2, -0.15) is 0 Å². The van der Waals surface area contributed by atoms with Crippen molar-refractivity contribution in [3.8, 4) is 23.0 Å². The van der Waals surface area contributed by atoms with E-state index in [4.69, 9.17) is 24.1 Å². The SMILES string of the molecule is COc1cc2sc(C(=O)C[C@H](C)C(=O)O)cc2cc1OCCCCCCOc1c(OC)cc2sc(C(=O)C[C@H](C)C(C)=O)cc2c1F. The van der Waals surface area contributed by atoms with Crippen molar-refractivity contribution in [2.24, 2.45) is 11.8 Å². The summed E-state index contributed by atoms with van der Waals surface area (Å²) in [6.07, 6.45) is 3.12. The zero-order valence-corrected chi connectivity index (χ0v) is 28.7. The molecule has 0 fully saturated rings. The van der Waals surface area contributed by atoms with Crippen LogP contribution in [0.2, 0.25) is 0 Å². The minimum Gasteiger partial charge on any atom is -0.493 e. The zero-order chi connectivity index (χ0) is 34.2. The highest BCUT2D eigenvalue weighted by atomic mass is 32.1. The van der Waals surface area contributed by atoms with Crippen LogP contribution in [0.4, 0.5) is 4.39 Å². The molecule has 4 rings (SSSR count). The lowest BCUT2D eigenvalue weighted by molar-refractivity contribution is -0.141. The van der Waals surface area contributed by atoms with E-state index >= 15 is 4.39 Å². The summed E-state index contributed by atoms with van der Waals surface area (Å²) in [5.41, 5.74) is 0. The van der Waals surface area contributed by atoms with E-state index < -0.39 is 23.6 Å². The van der Waals surface area contributed by atoms with Crippen LogP contribution in [-0.2, 0) is 9.59 Å². The minimum atomic E-state index is -1.00. The summed E-state index contributed by atoms with van der Waals surface area (Å²) in [6, 6.07) is 8.59. The van der Waals surface area contributed by atoms with Crippen LogP contribution in [0.3, 0.4) is 0 Å². The number of fused-ring (bicyclic) bond motifs is 2. The van der Waals surface area contributed by atoms with Gasteiger partial charge in [0.15, 0.2) is 40.4 Å². The second-order valence-corrected chi connectivity index (χ2v) is 13.7. The van der Waals surface area contributed by atoms with Crippen molar-refractivity contribution >= 4 is 66.2 Å². The molecule has 2 heterocycles. The zero-order valence-electron chi connectivity index (χ0n) is 27.1. The molecule has 12 heteroatoms. The lowest BCUT2D eigenvalue weighted by Crippen LogP contribution is -2.13. The van der Waals surface area contributed by atoms with Gasteiger partial charge in [-0.3, -0.25) is 19.2 Å². The molecule has 252 valence electrons. The Hall–Kier alpha value is -4.03. The molecule has 47 heavy (non-hydrogen) atoms. The van der Waals surface area contributed by atoms with Crippen LogP contribution in [0.15, 0.2) is 30.3 Å². The van der Waals surface area contributed by atoms with Crippen molar-refractivity contribution in [2.45, 2.75) is 59.3 Å². The Morgan fingerprint density at radius 1 is 0.745 bits per heavy atom. The molecule has 0 spiro atoms. The van der Waals surface area contributed by atoms with Crippen molar-refractivity contribution in [3.05, 3.63) is 45.9 Å². The average Bonchev–Trinajstić information content (AvgIpc) is 3.67. The van der Waals surface area contributed by atoms with Gasteiger partial charge in [-0.25, -0.2) is 4.39 Å². The molecule has 0 aliphatic carbocycles. The number of ketones is 3. The Kier molecular flexibility index (Phi) is 12.3. The molecule has 2 atom stereocenters. The molecule has 2 aromatic heterocycles. The number of carboxylic acids is 1. The Labute approximate surface area is 280 Å². The summed E-state index contributed by atoms with van der Waals surface area (Å²) in [7, 11) is 2.99.